The molecule has 0 aliphatic rings. The summed E-state index contributed by atoms with van der Waals surface area (Å²) in [6, 6.07) is 86.0. The molecule has 0 radical (unpaired) electrons. The summed E-state index contributed by atoms with van der Waals surface area (Å²) in [5.41, 5.74) is 15.5. The first-order valence-corrected chi connectivity index (χ1v) is 21.3. The first-order valence-electron chi connectivity index (χ1n) is 20.5. The molecule has 0 unspecified atom stereocenters. The standard InChI is InChI=1S/C58H39NS/c1-3-16-40(17-4-1)49-23-9-11-25-52(49)53-26-12-10-24-50(53)44-32-36-46(37-33-44)59(45-34-30-43(31-35-45)48-28-15-21-41-20-7-8-22-47(41)48)55-39-38-51(42-18-5-2-6-19-42)58-57(55)54-27-13-14-29-56(54)60-58/h1-39H. The van der Waals surface area contributed by atoms with Crippen molar-refractivity contribution in [3.63, 3.8) is 0 Å². The van der Waals surface area contributed by atoms with E-state index in [0.717, 1.165) is 17.1 Å². The van der Waals surface area contributed by atoms with Crippen LogP contribution in [-0.4, -0.2) is 0 Å². The highest BCUT2D eigenvalue weighted by atomic mass is 32.1. The molecule has 2 heteroatoms. The molecule has 1 heterocycles. The number of rotatable bonds is 8. The van der Waals surface area contributed by atoms with Crippen LogP contribution in [0.15, 0.2) is 237 Å². The molecular formula is C58H39NS. The third-order valence-electron chi connectivity index (χ3n) is 11.7. The molecular weight excluding hydrogens is 743 g/mol. The lowest BCUT2D eigenvalue weighted by molar-refractivity contribution is 1.30. The Hall–Kier alpha value is -7.52. The van der Waals surface area contributed by atoms with Crippen LogP contribution in [0.5, 0.6) is 0 Å². The topological polar surface area (TPSA) is 3.24 Å². The van der Waals surface area contributed by atoms with Gasteiger partial charge in [-0.1, -0.05) is 200 Å². The van der Waals surface area contributed by atoms with Crippen LogP contribution in [-0.2, 0) is 0 Å². The molecule has 282 valence electrons. The van der Waals surface area contributed by atoms with E-state index in [-0.39, 0.29) is 0 Å². The van der Waals surface area contributed by atoms with Crippen molar-refractivity contribution in [3.05, 3.63) is 237 Å². The molecule has 0 fully saturated rings. The lowest BCUT2D eigenvalue weighted by atomic mass is 9.89. The zero-order chi connectivity index (χ0) is 39.8. The van der Waals surface area contributed by atoms with Gasteiger partial charge in [0.15, 0.2) is 0 Å². The van der Waals surface area contributed by atoms with Gasteiger partial charge in [0.05, 0.1) is 5.69 Å². The van der Waals surface area contributed by atoms with Crippen LogP contribution < -0.4 is 4.90 Å². The Morgan fingerprint density at radius 2 is 0.733 bits per heavy atom. The molecule has 1 nitrogen and oxygen atoms in total. The van der Waals surface area contributed by atoms with Crippen molar-refractivity contribution < 1.29 is 0 Å². The van der Waals surface area contributed by atoms with Gasteiger partial charge >= 0.3 is 0 Å². The number of thiophene rings is 1. The molecule has 0 bridgehead atoms. The van der Waals surface area contributed by atoms with Gasteiger partial charge in [0.2, 0.25) is 0 Å². The fourth-order valence-electron chi connectivity index (χ4n) is 8.88. The molecule has 0 saturated heterocycles. The van der Waals surface area contributed by atoms with Crippen molar-refractivity contribution in [1.82, 2.24) is 0 Å². The van der Waals surface area contributed by atoms with Gasteiger partial charge < -0.3 is 4.90 Å². The highest BCUT2D eigenvalue weighted by molar-refractivity contribution is 7.26. The number of hydrogen-bond donors (Lipinski definition) is 0. The van der Waals surface area contributed by atoms with Crippen LogP contribution in [0.1, 0.15) is 0 Å². The minimum absolute atomic E-state index is 1.10. The Kier molecular flexibility index (Phi) is 9.11. The van der Waals surface area contributed by atoms with Gasteiger partial charge in [-0.3, -0.25) is 0 Å². The largest absolute Gasteiger partial charge is 0.310 e. The summed E-state index contributed by atoms with van der Waals surface area (Å²) in [7, 11) is 0. The summed E-state index contributed by atoms with van der Waals surface area (Å²) < 4.78 is 2.58. The molecule has 0 saturated carbocycles. The predicted molar refractivity (Wildman–Crippen MR) is 259 cm³/mol. The van der Waals surface area contributed by atoms with E-state index in [9.17, 15) is 0 Å². The third kappa shape index (κ3) is 6.35. The molecule has 60 heavy (non-hydrogen) atoms. The molecule has 10 aromatic carbocycles. The second-order valence-corrected chi connectivity index (χ2v) is 16.3. The van der Waals surface area contributed by atoms with Crippen LogP contribution >= 0.6 is 11.3 Å². The monoisotopic (exact) mass is 781 g/mol. The van der Waals surface area contributed by atoms with Crippen LogP contribution in [0.25, 0.3) is 86.6 Å². The van der Waals surface area contributed by atoms with E-state index in [1.165, 1.54) is 86.6 Å². The van der Waals surface area contributed by atoms with E-state index in [2.05, 4.69) is 241 Å². The molecule has 0 spiro atoms. The van der Waals surface area contributed by atoms with Gasteiger partial charge in [-0.2, -0.15) is 0 Å². The molecule has 0 amide bonds. The third-order valence-corrected chi connectivity index (χ3v) is 12.9. The molecule has 0 aliphatic carbocycles. The SMILES string of the molecule is c1ccc(-c2ccccc2-c2ccccc2-c2ccc(N(c3ccc(-c4cccc5ccccc45)cc3)c3ccc(-c4ccccc4)c4sc5ccccc5c34)cc2)cc1. The number of benzene rings is 10. The predicted octanol–water partition coefficient (Wildman–Crippen LogP) is 17.0. The first kappa shape index (κ1) is 35.6. The molecule has 11 aromatic rings. The van der Waals surface area contributed by atoms with E-state index >= 15 is 0 Å². The highest BCUT2D eigenvalue weighted by Crippen LogP contribution is 2.49. The van der Waals surface area contributed by atoms with E-state index < -0.39 is 0 Å². The van der Waals surface area contributed by atoms with Gasteiger partial charge in [0, 0.05) is 31.5 Å². The molecule has 1 aromatic heterocycles. The molecule has 11 rings (SSSR count). The quantitative estimate of drug-likeness (QED) is 0.148. The van der Waals surface area contributed by atoms with Crippen LogP contribution in [0.3, 0.4) is 0 Å². The van der Waals surface area contributed by atoms with Crippen molar-refractivity contribution in [2.45, 2.75) is 0 Å². The lowest BCUT2D eigenvalue weighted by Crippen LogP contribution is -2.10. The van der Waals surface area contributed by atoms with Gasteiger partial charge in [0.1, 0.15) is 0 Å². The normalized spacial score (nSPS) is 11.3. The second-order valence-electron chi connectivity index (χ2n) is 15.2. The fourth-order valence-corrected chi connectivity index (χ4v) is 10.1. The van der Waals surface area contributed by atoms with Crippen LogP contribution in [0.4, 0.5) is 17.1 Å². The maximum Gasteiger partial charge on any atom is 0.0555 e. The Bertz CT molecular complexity index is 3290. The van der Waals surface area contributed by atoms with Crippen LogP contribution in [0.2, 0.25) is 0 Å². The van der Waals surface area contributed by atoms with Crippen molar-refractivity contribution in [2.75, 3.05) is 4.90 Å². The molecule has 0 aliphatic heterocycles. The van der Waals surface area contributed by atoms with E-state index in [1.807, 2.05) is 11.3 Å². The van der Waals surface area contributed by atoms with Crippen molar-refractivity contribution >= 4 is 59.3 Å². The average Bonchev–Trinajstić information content (AvgIpc) is 3.73. The number of hydrogen-bond acceptors (Lipinski definition) is 2. The lowest BCUT2D eigenvalue weighted by Gasteiger charge is -2.27. The van der Waals surface area contributed by atoms with Gasteiger partial charge in [0.25, 0.3) is 0 Å². The Balaban J connectivity index is 1.08. The van der Waals surface area contributed by atoms with Crippen molar-refractivity contribution in [1.29, 1.82) is 0 Å². The summed E-state index contributed by atoms with van der Waals surface area (Å²) in [4.78, 5) is 2.45. The number of anilines is 3. The summed E-state index contributed by atoms with van der Waals surface area (Å²) in [6.45, 7) is 0. The maximum absolute atomic E-state index is 2.45. The Labute approximate surface area is 354 Å². The Morgan fingerprint density at radius 1 is 0.283 bits per heavy atom. The van der Waals surface area contributed by atoms with Crippen molar-refractivity contribution in [2.24, 2.45) is 0 Å². The van der Waals surface area contributed by atoms with E-state index in [4.69, 9.17) is 0 Å². The van der Waals surface area contributed by atoms with Gasteiger partial charge in [-0.15, -0.1) is 11.3 Å². The summed E-state index contributed by atoms with van der Waals surface area (Å²) in [5, 5.41) is 5.04. The average molecular weight is 782 g/mol. The summed E-state index contributed by atoms with van der Waals surface area (Å²) in [5.74, 6) is 0. The summed E-state index contributed by atoms with van der Waals surface area (Å²) in [6.07, 6.45) is 0. The van der Waals surface area contributed by atoms with Gasteiger partial charge in [-0.05, 0) is 103 Å². The van der Waals surface area contributed by atoms with E-state index in [0.29, 0.717) is 0 Å². The molecule has 0 N–H and O–H groups in total. The van der Waals surface area contributed by atoms with Crippen molar-refractivity contribution in [3.8, 4) is 55.6 Å². The first-order chi connectivity index (χ1) is 29.8. The van der Waals surface area contributed by atoms with E-state index in [1.54, 1.807) is 0 Å². The fraction of sp³-hybridized carbons (Fsp3) is 0. The highest BCUT2D eigenvalue weighted by Gasteiger charge is 2.22. The number of fused-ring (bicyclic) bond motifs is 4. The zero-order valence-corrected chi connectivity index (χ0v) is 33.7. The van der Waals surface area contributed by atoms with Gasteiger partial charge in [-0.25, -0.2) is 0 Å². The zero-order valence-electron chi connectivity index (χ0n) is 32.9. The molecule has 0 atom stereocenters. The smallest absolute Gasteiger partial charge is 0.0555 e. The maximum atomic E-state index is 2.45. The second kappa shape index (κ2) is 15.3. The number of nitrogens with zero attached hydrogens (tertiary/aromatic N) is 1. The minimum Gasteiger partial charge on any atom is -0.310 e. The Morgan fingerprint density at radius 3 is 1.37 bits per heavy atom. The van der Waals surface area contributed by atoms with Crippen LogP contribution in [0, 0.1) is 0 Å². The minimum atomic E-state index is 1.10. The summed E-state index contributed by atoms with van der Waals surface area (Å²) >= 11 is 1.88.